The summed E-state index contributed by atoms with van der Waals surface area (Å²) in [6, 6.07) is 3.31. The molecule has 1 aromatic rings. The van der Waals surface area contributed by atoms with Crippen LogP contribution in [0.5, 0.6) is 0 Å². The van der Waals surface area contributed by atoms with Crippen molar-refractivity contribution in [2.45, 2.75) is 18.7 Å². The summed E-state index contributed by atoms with van der Waals surface area (Å²) in [5.74, 6) is 0. The van der Waals surface area contributed by atoms with E-state index in [2.05, 4.69) is 24.7 Å². The number of nitrogens with zero attached hydrogens (tertiary/aromatic N) is 1. The molecule has 0 saturated carbocycles. The predicted octanol–water partition coefficient (Wildman–Crippen LogP) is -0.0154. The van der Waals surface area contributed by atoms with Gasteiger partial charge in [-0.25, -0.2) is 12.7 Å². The summed E-state index contributed by atoms with van der Waals surface area (Å²) in [6.45, 7) is 5.52. The van der Waals surface area contributed by atoms with E-state index < -0.39 is 10.0 Å². The van der Waals surface area contributed by atoms with E-state index in [1.54, 1.807) is 12.1 Å². The van der Waals surface area contributed by atoms with Crippen molar-refractivity contribution in [3.8, 4) is 0 Å². The van der Waals surface area contributed by atoms with Crippen molar-refractivity contribution in [3.05, 3.63) is 23.3 Å². The van der Waals surface area contributed by atoms with Gasteiger partial charge in [0.1, 0.15) is 0 Å². The lowest BCUT2D eigenvalue weighted by molar-refractivity contribution is -0.856. The Morgan fingerprint density at radius 2 is 1.87 bits per heavy atom. The highest BCUT2D eigenvalue weighted by molar-refractivity contribution is 7.89. The average molecular weight is 360 g/mol. The molecule has 0 aliphatic rings. The second-order valence-electron chi connectivity index (χ2n) is 6.04. The van der Waals surface area contributed by atoms with Gasteiger partial charge in [-0.05, 0) is 49.3 Å². The number of hydrogen-bond donors (Lipinski definition) is 3. The summed E-state index contributed by atoms with van der Waals surface area (Å²) < 4.78 is 25.9. The molecule has 23 heavy (non-hydrogen) atoms. The molecule has 0 radical (unpaired) electrons. The Bertz CT molecular complexity index is 670. The van der Waals surface area contributed by atoms with E-state index >= 15 is 0 Å². The van der Waals surface area contributed by atoms with Gasteiger partial charge in [0, 0.05) is 19.8 Å². The zero-order valence-corrected chi connectivity index (χ0v) is 16.3. The zero-order valence-electron chi connectivity index (χ0n) is 14.6. The maximum atomic E-state index is 12.3. The van der Waals surface area contributed by atoms with Crippen LogP contribution in [0.4, 0.5) is 5.69 Å². The molecule has 0 aromatic heterocycles. The van der Waals surface area contributed by atoms with Crippen LogP contribution in [0.2, 0.25) is 0 Å². The molecule has 0 amide bonds. The molecule has 0 atom stereocenters. The minimum atomic E-state index is -3.48. The van der Waals surface area contributed by atoms with Crippen molar-refractivity contribution in [1.82, 2.24) is 9.62 Å². The Kier molecular flexibility index (Phi) is 6.94. The molecule has 1 aromatic carbocycles. The quantitative estimate of drug-likeness (QED) is 0.623. The molecule has 1 rings (SSSR count). The molecule has 3 N–H and O–H groups in total. The van der Waals surface area contributed by atoms with Crippen molar-refractivity contribution in [2.75, 3.05) is 46.6 Å². The Morgan fingerprint density at radius 1 is 1.26 bits per heavy atom. The first-order valence-corrected chi connectivity index (χ1v) is 9.28. The van der Waals surface area contributed by atoms with E-state index in [0.29, 0.717) is 10.8 Å². The molecule has 0 spiro atoms. The van der Waals surface area contributed by atoms with E-state index in [1.807, 2.05) is 13.8 Å². The van der Waals surface area contributed by atoms with Gasteiger partial charge in [0.25, 0.3) is 0 Å². The Labute approximate surface area is 144 Å². The number of rotatable bonds is 6. The largest absolute Gasteiger partial charge is 0.357 e. The van der Waals surface area contributed by atoms with E-state index in [9.17, 15) is 8.42 Å². The second kappa shape index (κ2) is 8.05. The molecule has 0 unspecified atom stereocenters. The van der Waals surface area contributed by atoms with Gasteiger partial charge in [-0.3, -0.25) is 0 Å². The summed E-state index contributed by atoms with van der Waals surface area (Å²) >= 11 is 5.29. The van der Waals surface area contributed by atoms with Crippen LogP contribution in [0.1, 0.15) is 11.1 Å². The monoisotopic (exact) mass is 359 g/mol. The van der Waals surface area contributed by atoms with Crippen molar-refractivity contribution in [1.29, 1.82) is 0 Å². The Hall–Kier alpha value is -1.22. The summed E-state index contributed by atoms with van der Waals surface area (Å²) in [7, 11) is 3.71. The van der Waals surface area contributed by atoms with Crippen molar-refractivity contribution < 1.29 is 13.3 Å². The smallest absolute Gasteiger partial charge is 0.242 e. The highest BCUT2D eigenvalue weighted by Crippen LogP contribution is 2.25. The predicted molar refractivity (Wildman–Crippen MR) is 98.7 cm³/mol. The van der Waals surface area contributed by atoms with Gasteiger partial charge in [-0.1, -0.05) is 0 Å². The lowest BCUT2D eigenvalue weighted by Gasteiger charge is -2.18. The van der Waals surface area contributed by atoms with Crippen LogP contribution in [-0.2, 0) is 10.0 Å². The highest BCUT2D eigenvalue weighted by Gasteiger charge is 2.19. The number of benzene rings is 1. The molecule has 0 bridgehead atoms. The standard InChI is InChI=1S/C15H26N4O2S2/c1-11-9-13(23(20,21)19(5)6)10-14(12(11)2)17-15(22)16-7-8-18(3)4/h9-10H,7-8H2,1-6H3,(H2,16,17,22)/p+1. The first-order chi connectivity index (χ1) is 10.6. The fourth-order valence-corrected chi connectivity index (χ4v) is 3.13. The molecule has 0 fully saturated rings. The van der Waals surface area contributed by atoms with Gasteiger partial charge in [0.05, 0.1) is 32.1 Å². The lowest BCUT2D eigenvalue weighted by Crippen LogP contribution is -3.06. The highest BCUT2D eigenvalue weighted by atomic mass is 32.2. The fourth-order valence-electron chi connectivity index (χ4n) is 1.91. The fraction of sp³-hybridized carbons (Fsp3) is 0.533. The van der Waals surface area contributed by atoms with E-state index in [4.69, 9.17) is 12.2 Å². The zero-order chi connectivity index (χ0) is 17.8. The number of sulfonamides is 1. The number of likely N-dealkylation sites (N-methyl/N-ethyl adjacent to an activating group) is 1. The van der Waals surface area contributed by atoms with Gasteiger partial charge in [0.15, 0.2) is 5.11 Å². The number of anilines is 1. The third-order valence-electron chi connectivity index (χ3n) is 3.58. The van der Waals surface area contributed by atoms with Crippen LogP contribution in [0.15, 0.2) is 17.0 Å². The number of hydrogen-bond acceptors (Lipinski definition) is 3. The van der Waals surface area contributed by atoms with Gasteiger partial charge in [0.2, 0.25) is 10.0 Å². The minimum absolute atomic E-state index is 0.258. The third kappa shape index (κ3) is 5.42. The Balaban J connectivity index is 2.99. The second-order valence-corrected chi connectivity index (χ2v) is 8.60. The number of thiocarbonyl (C=S) groups is 1. The van der Waals surface area contributed by atoms with Crippen molar-refractivity contribution >= 4 is 33.0 Å². The molecule has 0 heterocycles. The third-order valence-corrected chi connectivity index (χ3v) is 5.62. The van der Waals surface area contributed by atoms with Crippen molar-refractivity contribution in [3.63, 3.8) is 0 Å². The van der Waals surface area contributed by atoms with Gasteiger partial charge in [-0.2, -0.15) is 0 Å². The molecule has 8 heteroatoms. The van der Waals surface area contributed by atoms with Crippen LogP contribution in [0.25, 0.3) is 0 Å². The maximum Gasteiger partial charge on any atom is 0.242 e. The number of quaternary nitrogens is 1. The lowest BCUT2D eigenvalue weighted by atomic mass is 10.1. The summed E-state index contributed by atoms with van der Waals surface area (Å²) in [4.78, 5) is 1.58. The topological polar surface area (TPSA) is 65.9 Å². The molecule has 0 aliphatic heterocycles. The van der Waals surface area contributed by atoms with Crippen molar-refractivity contribution in [2.24, 2.45) is 0 Å². The first-order valence-electron chi connectivity index (χ1n) is 7.43. The normalized spacial score (nSPS) is 11.8. The van der Waals surface area contributed by atoms with Crippen LogP contribution in [0.3, 0.4) is 0 Å². The summed E-state index contributed by atoms with van der Waals surface area (Å²) in [5.41, 5.74) is 2.58. The molecule has 6 nitrogen and oxygen atoms in total. The van der Waals surface area contributed by atoms with E-state index in [-0.39, 0.29) is 4.90 Å². The van der Waals surface area contributed by atoms with Crippen LogP contribution in [0, 0.1) is 13.8 Å². The van der Waals surface area contributed by atoms with Gasteiger partial charge < -0.3 is 15.5 Å². The van der Waals surface area contributed by atoms with Gasteiger partial charge in [-0.15, -0.1) is 0 Å². The number of aryl methyl sites for hydroxylation is 1. The SMILES string of the molecule is Cc1cc(S(=O)(=O)N(C)C)cc(NC(=S)NCC[NH+](C)C)c1C. The minimum Gasteiger partial charge on any atom is -0.357 e. The molecule has 130 valence electrons. The Morgan fingerprint density at radius 3 is 2.39 bits per heavy atom. The molecule has 0 aliphatic carbocycles. The van der Waals surface area contributed by atoms with Crippen LogP contribution < -0.4 is 15.5 Å². The van der Waals surface area contributed by atoms with Crippen LogP contribution >= 0.6 is 12.2 Å². The molecular weight excluding hydrogens is 332 g/mol. The average Bonchev–Trinajstić information content (AvgIpc) is 2.42. The maximum absolute atomic E-state index is 12.3. The van der Waals surface area contributed by atoms with E-state index in [1.165, 1.54) is 23.3 Å². The molecule has 0 saturated heterocycles. The van der Waals surface area contributed by atoms with E-state index in [0.717, 1.165) is 24.2 Å². The van der Waals surface area contributed by atoms with Crippen LogP contribution in [-0.4, -0.2) is 59.1 Å². The summed E-state index contributed by atoms with van der Waals surface area (Å²) in [6.07, 6.45) is 0. The van der Waals surface area contributed by atoms with Gasteiger partial charge >= 0.3 is 0 Å². The summed E-state index contributed by atoms with van der Waals surface area (Å²) in [5, 5.41) is 6.73. The molecular formula is C15H27N4O2S2+. The first kappa shape index (κ1) is 19.8. The number of nitrogens with one attached hydrogen (secondary N) is 3.